The first-order valence-electron chi connectivity index (χ1n) is 6.51. The highest BCUT2D eigenvalue weighted by Crippen LogP contribution is 2.32. The Bertz CT molecular complexity index is 1010. The zero-order chi connectivity index (χ0) is 15.3. The van der Waals surface area contributed by atoms with Gasteiger partial charge in [0.2, 0.25) is 0 Å². The van der Waals surface area contributed by atoms with Gasteiger partial charge in [-0.3, -0.25) is 4.98 Å². The van der Waals surface area contributed by atoms with E-state index in [0.717, 1.165) is 36.4 Å². The summed E-state index contributed by atoms with van der Waals surface area (Å²) in [6.45, 7) is 0. The maximum Gasteiger partial charge on any atom is 0.123 e. The Morgan fingerprint density at radius 2 is 1.77 bits per heavy atom. The number of hydrogen-bond acceptors (Lipinski definition) is 2. The van der Waals surface area contributed by atoms with Crippen LogP contribution >= 0.6 is 31.9 Å². The summed E-state index contributed by atoms with van der Waals surface area (Å²) in [4.78, 5) is 4.49. The second-order valence-electron chi connectivity index (χ2n) is 4.88. The van der Waals surface area contributed by atoms with E-state index in [2.05, 4.69) is 41.9 Å². The summed E-state index contributed by atoms with van der Waals surface area (Å²) in [7, 11) is 0. The van der Waals surface area contributed by atoms with Crippen molar-refractivity contribution in [1.29, 1.82) is 0 Å². The normalized spacial score (nSPS) is 11.4. The Hall–Kier alpha value is -1.79. The van der Waals surface area contributed by atoms with Gasteiger partial charge in [-0.05, 0) is 52.3 Å². The molecule has 4 aromatic rings. The van der Waals surface area contributed by atoms with Gasteiger partial charge in [-0.15, -0.1) is 0 Å². The average molecular weight is 421 g/mol. The van der Waals surface area contributed by atoms with Gasteiger partial charge in [0, 0.05) is 25.9 Å². The molecule has 0 aliphatic rings. The fourth-order valence-corrected chi connectivity index (χ4v) is 3.84. The number of halogens is 3. The molecule has 0 fully saturated rings. The van der Waals surface area contributed by atoms with Crippen LogP contribution in [0, 0.1) is 5.82 Å². The van der Waals surface area contributed by atoms with E-state index >= 15 is 0 Å². The van der Waals surface area contributed by atoms with Crippen LogP contribution in [0.1, 0.15) is 0 Å². The molecule has 0 saturated carbocycles. The molecule has 22 heavy (non-hydrogen) atoms. The van der Waals surface area contributed by atoms with E-state index in [1.807, 2.05) is 12.1 Å². The van der Waals surface area contributed by atoms with Crippen molar-refractivity contribution in [3.8, 4) is 5.69 Å². The van der Waals surface area contributed by atoms with E-state index in [9.17, 15) is 4.39 Å². The molecule has 2 aromatic carbocycles. The molecule has 0 N–H and O–H groups in total. The molecular weight excluding hydrogens is 413 g/mol. The monoisotopic (exact) mass is 419 g/mol. The standard InChI is InChI=1S/C16H8Br2FN3/c17-10-5-13-15(14(18)6-10)20-7-9-8-21-22(16(9)13)12-3-1-11(19)2-4-12/h1-8H. The minimum Gasteiger partial charge on any atom is -0.254 e. The Labute approximate surface area is 142 Å². The molecule has 0 amide bonds. The van der Waals surface area contributed by atoms with E-state index in [1.165, 1.54) is 12.1 Å². The average Bonchev–Trinajstić information content (AvgIpc) is 2.92. The molecular formula is C16H8Br2FN3. The van der Waals surface area contributed by atoms with Crippen molar-refractivity contribution in [2.45, 2.75) is 0 Å². The van der Waals surface area contributed by atoms with Gasteiger partial charge >= 0.3 is 0 Å². The van der Waals surface area contributed by atoms with Gasteiger partial charge in [0.25, 0.3) is 0 Å². The summed E-state index contributed by atoms with van der Waals surface area (Å²) in [6.07, 6.45) is 3.56. The summed E-state index contributed by atoms with van der Waals surface area (Å²) in [5.74, 6) is -0.266. The Morgan fingerprint density at radius 1 is 1.00 bits per heavy atom. The Morgan fingerprint density at radius 3 is 2.55 bits per heavy atom. The molecule has 6 heteroatoms. The lowest BCUT2D eigenvalue weighted by molar-refractivity contribution is 0.627. The van der Waals surface area contributed by atoms with E-state index in [-0.39, 0.29) is 5.82 Å². The van der Waals surface area contributed by atoms with Gasteiger partial charge in [-0.2, -0.15) is 5.10 Å². The SMILES string of the molecule is Fc1ccc(-n2ncc3cnc4c(Br)cc(Br)cc4c32)cc1. The van der Waals surface area contributed by atoms with Crippen molar-refractivity contribution in [2.24, 2.45) is 0 Å². The van der Waals surface area contributed by atoms with Gasteiger partial charge in [0.05, 0.1) is 22.9 Å². The van der Waals surface area contributed by atoms with Gasteiger partial charge in [0.15, 0.2) is 0 Å². The molecule has 0 radical (unpaired) electrons. The molecule has 0 spiro atoms. The fourth-order valence-electron chi connectivity index (χ4n) is 2.52. The molecule has 2 heterocycles. The van der Waals surface area contributed by atoms with Gasteiger partial charge in [-0.25, -0.2) is 9.07 Å². The first-order valence-corrected chi connectivity index (χ1v) is 8.09. The molecule has 0 saturated heterocycles. The van der Waals surface area contributed by atoms with E-state index in [4.69, 9.17) is 0 Å². The maximum atomic E-state index is 13.1. The zero-order valence-electron chi connectivity index (χ0n) is 11.1. The minimum atomic E-state index is -0.266. The van der Waals surface area contributed by atoms with Crippen LogP contribution in [0.15, 0.2) is 57.7 Å². The van der Waals surface area contributed by atoms with Crippen LogP contribution in [0.2, 0.25) is 0 Å². The predicted molar refractivity (Wildman–Crippen MR) is 91.7 cm³/mol. The molecule has 0 aliphatic carbocycles. The minimum absolute atomic E-state index is 0.266. The van der Waals surface area contributed by atoms with Gasteiger partial charge < -0.3 is 0 Å². The number of pyridine rings is 1. The number of fused-ring (bicyclic) bond motifs is 3. The third-order valence-electron chi connectivity index (χ3n) is 3.48. The number of aromatic nitrogens is 3. The predicted octanol–water partition coefficient (Wildman–Crippen LogP) is 5.24. The lowest BCUT2D eigenvalue weighted by atomic mass is 10.1. The Kier molecular flexibility index (Phi) is 3.23. The number of benzene rings is 2. The van der Waals surface area contributed by atoms with Crippen molar-refractivity contribution in [3.05, 3.63) is 63.6 Å². The molecule has 3 nitrogen and oxygen atoms in total. The van der Waals surface area contributed by atoms with Crippen LogP contribution < -0.4 is 0 Å². The van der Waals surface area contributed by atoms with Crippen molar-refractivity contribution in [3.63, 3.8) is 0 Å². The smallest absolute Gasteiger partial charge is 0.123 e. The number of nitrogens with zero attached hydrogens (tertiary/aromatic N) is 3. The topological polar surface area (TPSA) is 30.7 Å². The molecule has 0 bridgehead atoms. The number of hydrogen-bond donors (Lipinski definition) is 0. The zero-order valence-corrected chi connectivity index (χ0v) is 14.3. The van der Waals surface area contributed by atoms with Crippen molar-refractivity contribution in [2.75, 3.05) is 0 Å². The van der Waals surface area contributed by atoms with Crippen molar-refractivity contribution < 1.29 is 4.39 Å². The largest absolute Gasteiger partial charge is 0.254 e. The lowest BCUT2D eigenvalue weighted by Crippen LogP contribution is -1.97. The summed E-state index contributed by atoms with van der Waals surface area (Å²) in [6, 6.07) is 10.2. The van der Waals surface area contributed by atoms with Crippen LogP contribution in [0.4, 0.5) is 4.39 Å². The highest BCUT2D eigenvalue weighted by Gasteiger charge is 2.12. The van der Waals surface area contributed by atoms with Crippen LogP contribution in [-0.4, -0.2) is 14.8 Å². The first-order chi connectivity index (χ1) is 10.6. The van der Waals surface area contributed by atoms with E-state index in [1.54, 1.807) is 29.2 Å². The van der Waals surface area contributed by atoms with Crippen LogP contribution in [0.3, 0.4) is 0 Å². The lowest BCUT2D eigenvalue weighted by Gasteiger charge is -2.07. The summed E-state index contributed by atoms with van der Waals surface area (Å²) in [5.41, 5.74) is 2.61. The molecule has 4 rings (SSSR count). The van der Waals surface area contributed by atoms with Gasteiger partial charge in [0.1, 0.15) is 5.82 Å². The number of rotatable bonds is 1. The molecule has 2 aromatic heterocycles. The summed E-state index contributed by atoms with van der Waals surface area (Å²) >= 11 is 7.05. The fraction of sp³-hybridized carbons (Fsp3) is 0. The maximum absolute atomic E-state index is 13.1. The second-order valence-corrected chi connectivity index (χ2v) is 6.65. The van der Waals surface area contributed by atoms with Crippen molar-refractivity contribution in [1.82, 2.24) is 14.8 Å². The van der Waals surface area contributed by atoms with E-state index in [0.29, 0.717) is 0 Å². The molecule has 0 atom stereocenters. The van der Waals surface area contributed by atoms with Crippen LogP contribution in [-0.2, 0) is 0 Å². The third-order valence-corrected chi connectivity index (χ3v) is 4.55. The van der Waals surface area contributed by atoms with Crippen LogP contribution in [0.5, 0.6) is 0 Å². The van der Waals surface area contributed by atoms with Crippen molar-refractivity contribution >= 4 is 53.7 Å². The molecule has 108 valence electrons. The first kappa shape index (κ1) is 13.8. The second kappa shape index (κ2) is 5.14. The highest BCUT2D eigenvalue weighted by molar-refractivity contribution is 9.11. The quantitative estimate of drug-likeness (QED) is 0.421. The summed E-state index contributed by atoms with van der Waals surface area (Å²) in [5, 5.41) is 6.33. The summed E-state index contributed by atoms with van der Waals surface area (Å²) < 4.78 is 16.8. The molecule has 0 unspecified atom stereocenters. The Balaban J connectivity index is 2.12. The third kappa shape index (κ3) is 2.14. The van der Waals surface area contributed by atoms with Gasteiger partial charge in [-0.1, -0.05) is 15.9 Å². The van der Waals surface area contributed by atoms with Crippen LogP contribution in [0.25, 0.3) is 27.5 Å². The highest BCUT2D eigenvalue weighted by atomic mass is 79.9. The molecule has 0 aliphatic heterocycles. The van der Waals surface area contributed by atoms with E-state index < -0.39 is 0 Å².